The minimum atomic E-state index is -3.73. The Labute approximate surface area is 209 Å². The predicted octanol–water partition coefficient (Wildman–Crippen LogP) is 6.40. The Morgan fingerprint density at radius 2 is 1.43 bits per heavy atom. The van der Waals surface area contributed by atoms with Crippen LogP contribution in [0.15, 0.2) is 114 Å². The third kappa shape index (κ3) is 7.01. The van der Waals surface area contributed by atoms with Crippen molar-refractivity contribution in [3.8, 4) is 0 Å². The number of benzene rings is 3. The normalized spacial score (nSPS) is 15.4. The van der Waals surface area contributed by atoms with E-state index in [4.69, 9.17) is 0 Å². The molecule has 0 saturated carbocycles. The number of aryl methyl sites for hydroxylation is 1. The monoisotopic (exact) mass is 486 g/mol. The lowest BCUT2D eigenvalue weighted by atomic mass is 9.93. The van der Waals surface area contributed by atoms with Crippen LogP contribution in [0.2, 0.25) is 0 Å². The maximum Gasteiger partial charge on any atom is 0.241 e. The van der Waals surface area contributed by atoms with Gasteiger partial charge in [0.15, 0.2) is 0 Å². The van der Waals surface area contributed by atoms with Gasteiger partial charge in [0, 0.05) is 0 Å². The third-order valence-corrected chi connectivity index (χ3v) is 7.85. The first-order chi connectivity index (χ1) is 17.0. The number of hydrogen-bond donors (Lipinski definition) is 2. The van der Waals surface area contributed by atoms with Crippen LogP contribution in [0.5, 0.6) is 0 Å². The van der Waals surface area contributed by atoms with Crippen LogP contribution in [-0.2, 0) is 10.0 Å². The average Bonchev–Trinajstić information content (AvgIpc) is 2.89. The van der Waals surface area contributed by atoms with E-state index < -0.39 is 16.1 Å². The molecule has 0 radical (unpaired) electrons. The van der Waals surface area contributed by atoms with Crippen molar-refractivity contribution in [2.24, 2.45) is 0 Å². The molecule has 4 rings (SSSR count). The molecule has 3 aromatic rings. The summed E-state index contributed by atoms with van der Waals surface area (Å²) >= 11 is 0. The summed E-state index contributed by atoms with van der Waals surface area (Å²) in [6, 6.07) is 26.2. The molecule has 0 amide bonds. The van der Waals surface area contributed by atoms with E-state index >= 15 is 0 Å². The van der Waals surface area contributed by atoms with Gasteiger partial charge < -0.3 is 5.32 Å². The molecule has 1 aliphatic rings. The van der Waals surface area contributed by atoms with Crippen LogP contribution in [0.25, 0.3) is 0 Å². The summed E-state index contributed by atoms with van der Waals surface area (Å²) in [6.07, 6.45) is 10.9. The van der Waals surface area contributed by atoms with Crippen LogP contribution in [0.3, 0.4) is 0 Å². The molecule has 1 aliphatic carbocycles. The Balaban J connectivity index is 1.60. The minimum Gasteiger partial charge on any atom is -0.308 e. The van der Waals surface area contributed by atoms with Gasteiger partial charge in [0.05, 0.1) is 17.0 Å². The maximum absolute atomic E-state index is 13.4. The molecule has 2 N–H and O–H groups in total. The van der Waals surface area contributed by atoms with Crippen molar-refractivity contribution in [3.05, 3.63) is 125 Å². The topological polar surface area (TPSA) is 58.2 Å². The van der Waals surface area contributed by atoms with E-state index in [0.717, 1.165) is 48.9 Å². The van der Waals surface area contributed by atoms with Crippen molar-refractivity contribution < 1.29 is 8.42 Å². The second kappa shape index (κ2) is 12.1. The molecule has 2 atom stereocenters. The first kappa shape index (κ1) is 25.1. The molecule has 0 spiro atoms. The zero-order valence-corrected chi connectivity index (χ0v) is 21.0. The highest BCUT2D eigenvalue weighted by atomic mass is 32.2. The Hall–Kier alpha value is -2.99. The molecule has 4 nitrogen and oxygen atoms in total. The summed E-state index contributed by atoms with van der Waals surface area (Å²) in [4.78, 5) is 0.271. The van der Waals surface area contributed by atoms with E-state index in [2.05, 4.69) is 40.4 Å². The van der Waals surface area contributed by atoms with Gasteiger partial charge in [-0.25, -0.2) is 13.1 Å². The van der Waals surface area contributed by atoms with Gasteiger partial charge >= 0.3 is 0 Å². The molecule has 0 fully saturated rings. The molecule has 0 saturated heterocycles. The second-order valence-corrected chi connectivity index (χ2v) is 10.8. The highest BCUT2D eigenvalue weighted by Gasteiger charge is 2.29. The van der Waals surface area contributed by atoms with E-state index in [1.165, 1.54) is 5.57 Å². The van der Waals surface area contributed by atoms with Crippen LogP contribution in [0.1, 0.15) is 54.5 Å². The van der Waals surface area contributed by atoms with Crippen molar-refractivity contribution in [3.63, 3.8) is 0 Å². The Kier molecular flexibility index (Phi) is 8.69. The lowest BCUT2D eigenvalue weighted by molar-refractivity contribution is 0.420. The molecule has 0 unspecified atom stereocenters. The number of nitrogens with one attached hydrogen (secondary N) is 2. The summed E-state index contributed by atoms with van der Waals surface area (Å²) in [5, 5.41) is 3.69. The Morgan fingerprint density at radius 1 is 0.800 bits per heavy atom. The van der Waals surface area contributed by atoms with Crippen LogP contribution in [-0.4, -0.2) is 15.0 Å². The van der Waals surface area contributed by atoms with E-state index in [1.807, 2.05) is 67.6 Å². The summed E-state index contributed by atoms with van der Waals surface area (Å²) in [7, 11) is -3.73. The highest BCUT2D eigenvalue weighted by molar-refractivity contribution is 7.89. The van der Waals surface area contributed by atoms with Crippen LogP contribution < -0.4 is 10.0 Å². The van der Waals surface area contributed by atoms with Crippen molar-refractivity contribution in [1.82, 2.24) is 10.0 Å². The molecule has 0 aliphatic heterocycles. The van der Waals surface area contributed by atoms with Gasteiger partial charge in [-0.1, -0.05) is 102 Å². The lowest BCUT2D eigenvalue weighted by Gasteiger charge is -2.30. The first-order valence-corrected chi connectivity index (χ1v) is 13.8. The third-order valence-electron chi connectivity index (χ3n) is 6.39. The van der Waals surface area contributed by atoms with Gasteiger partial charge in [-0.15, -0.1) is 0 Å². The van der Waals surface area contributed by atoms with Gasteiger partial charge in [0.1, 0.15) is 0 Å². The van der Waals surface area contributed by atoms with Gasteiger partial charge in [0.2, 0.25) is 10.0 Å². The summed E-state index contributed by atoms with van der Waals surface area (Å²) in [5.41, 5.74) is 4.47. The van der Waals surface area contributed by atoms with Gasteiger partial charge in [-0.3, -0.25) is 0 Å². The quantitative estimate of drug-likeness (QED) is 0.243. The van der Waals surface area contributed by atoms with E-state index in [0.29, 0.717) is 0 Å². The molecule has 0 heterocycles. The van der Waals surface area contributed by atoms with E-state index in [1.54, 1.807) is 12.1 Å². The summed E-state index contributed by atoms with van der Waals surface area (Å²) in [5.74, 6) is 0. The second-order valence-electron chi connectivity index (χ2n) is 9.04. The van der Waals surface area contributed by atoms with Crippen LogP contribution >= 0.6 is 0 Å². The first-order valence-electron chi connectivity index (χ1n) is 12.3. The number of hydrogen-bond acceptors (Lipinski definition) is 3. The maximum atomic E-state index is 13.4. The SMILES string of the molecule is Cc1ccc(S(=O)(=O)N[C@H](c2ccccc2)[C@H](NCCCC2=CCC=CC2)c2ccccc2)cc1. The largest absolute Gasteiger partial charge is 0.308 e. The zero-order chi connectivity index (χ0) is 24.5. The fourth-order valence-electron chi connectivity index (χ4n) is 4.46. The smallest absolute Gasteiger partial charge is 0.241 e. The number of rotatable bonds is 11. The van der Waals surface area contributed by atoms with Crippen LogP contribution in [0.4, 0.5) is 0 Å². The number of sulfonamides is 1. The van der Waals surface area contributed by atoms with Crippen molar-refractivity contribution >= 4 is 10.0 Å². The summed E-state index contributed by atoms with van der Waals surface area (Å²) in [6.45, 7) is 2.74. The van der Waals surface area contributed by atoms with Gasteiger partial charge in [-0.2, -0.15) is 0 Å². The molecule has 0 bridgehead atoms. The van der Waals surface area contributed by atoms with Crippen molar-refractivity contribution in [1.29, 1.82) is 0 Å². The fraction of sp³-hybridized carbons (Fsp3) is 0.267. The molecule has 35 heavy (non-hydrogen) atoms. The minimum absolute atomic E-state index is 0.223. The molecule has 5 heteroatoms. The zero-order valence-electron chi connectivity index (χ0n) is 20.2. The molecule has 182 valence electrons. The molecular formula is C30H34N2O2S. The van der Waals surface area contributed by atoms with E-state index in [-0.39, 0.29) is 10.9 Å². The Morgan fingerprint density at radius 3 is 2.03 bits per heavy atom. The summed E-state index contributed by atoms with van der Waals surface area (Å²) < 4.78 is 29.9. The average molecular weight is 487 g/mol. The van der Waals surface area contributed by atoms with Gasteiger partial charge in [0.25, 0.3) is 0 Å². The predicted molar refractivity (Wildman–Crippen MR) is 144 cm³/mol. The standard InChI is InChI=1S/C30H34N2O2S/c1-24-19-21-28(22-20-24)35(33,34)32-30(27-17-9-4-10-18-27)29(26-15-7-3-8-16-26)31-23-11-14-25-12-5-2-6-13-25/h2-5,7-10,13,15-22,29-32H,6,11-12,14,23H2,1H3/t29-,30-/m1/s1. The Bertz CT molecular complexity index is 1230. The fourth-order valence-corrected chi connectivity index (χ4v) is 5.69. The molecule has 3 aromatic carbocycles. The van der Waals surface area contributed by atoms with Crippen LogP contribution in [0, 0.1) is 6.92 Å². The number of allylic oxidation sites excluding steroid dienone is 4. The molecule has 0 aromatic heterocycles. The lowest BCUT2D eigenvalue weighted by Crippen LogP contribution is -2.39. The van der Waals surface area contributed by atoms with Crippen molar-refractivity contribution in [2.45, 2.75) is 49.6 Å². The van der Waals surface area contributed by atoms with Crippen molar-refractivity contribution in [2.75, 3.05) is 6.54 Å². The van der Waals surface area contributed by atoms with E-state index in [9.17, 15) is 8.42 Å². The van der Waals surface area contributed by atoms with Gasteiger partial charge in [-0.05, 0) is 62.4 Å². The highest BCUT2D eigenvalue weighted by Crippen LogP contribution is 2.31. The molecular weight excluding hydrogens is 452 g/mol.